The van der Waals surface area contributed by atoms with Crippen LogP contribution in [-0.4, -0.2) is 18.3 Å². The van der Waals surface area contributed by atoms with Gasteiger partial charge >= 0.3 is 7.12 Å². The Balaban J connectivity index is 1.95. The van der Waals surface area contributed by atoms with E-state index in [9.17, 15) is 0 Å². The summed E-state index contributed by atoms with van der Waals surface area (Å²) in [6.45, 7) is 8.64. The van der Waals surface area contributed by atoms with E-state index in [1.54, 1.807) is 0 Å². The predicted octanol–water partition coefficient (Wildman–Crippen LogP) is 4.97. The largest absolute Gasteiger partial charge is 0.461 e. The summed E-state index contributed by atoms with van der Waals surface area (Å²) in [6.07, 6.45) is 12.3. The Morgan fingerprint density at radius 3 is 1.47 bits per heavy atom. The molecule has 3 heteroatoms. The molecule has 0 radical (unpaired) electrons. The predicted molar refractivity (Wildman–Crippen MR) is 81.4 cm³/mol. The lowest BCUT2D eigenvalue weighted by Gasteiger charge is -2.32. The van der Waals surface area contributed by atoms with Gasteiger partial charge in [0.2, 0.25) is 0 Å². The Morgan fingerprint density at radius 2 is 1.05 bits per heavy atom. The zero-order valence-corrected chi connectivity index (χ0v) is 13.3. The summed E-state index contributed by atoms with van der Waals surface area (Å²) in [7, 11) is 0.0180. The van der Waals surface area contributed by atoms with Gasteiger partial charge in [-0.2, -0.15) is 0 Å². The molecule has 1 saturated carbocycles. The van der Waals surface area contributed by atoms with E-state index in [0.29, 0.717) is 5.82 Å². The molecule has 19 heavy (non-hydrogen) atoms. The quantitative estimate of drug-likeness (QED) is 0.623. The van der Waals surface area contributed by atoms with E-state index >= 15 is 0 Å². The van der Waals surface area contributed by atoms with Gasteiger partial charge in [0.25, 0.3) is 0 Å². The fraction of sp³-hybridized carbons (Fsp3) is 1.00. The molecule has 1 heterocycles. The van der Waals surface area contributed by atoms with Crippen molar-refractivity contribution in [3.63, 3.8) is 0 Å². The molecule has 1 aliphatic heterocycles. The van der Waals surface area contributed by atoms with Crippen molar-refractivity contribution in [2.24, 2.45) is 0 Å². The van der Waals surface area contributed by atoms with Gasteiger partial charge < -0.3 is 9.31 Å². The van der Waals surface area contributed by atoms with E-state index in [1.165, 1.54) is 57.8 Å². The minimum atomic E-state index is -0.174. The van der Waals surface area contributed by atoms with E-state index in [0.717, 1.165) is 0 Å². The van der Waals surface area contributed by atoms with E-state index in [-0.39, 0.29) is 18.3 Å². The van der Waals surface area contributed by atoms with Gasteiger partial charge in [0.05, 0.1) is 11.2 Å². The van der Waals surface area contributed by atoms with Gasteiger partial charge in [0.1, 0.15) is 0 Å². The number of hydrogen-bond donors (Lipinski definition) is 0. The fourth-order valence-corrected chi connectivity index (χ4v) is 3.19. The summed E-state index contributed by atoms with van der Waals surface area (Å²) in [5.41, 5.74) is -0.347. The molecule has 0 atom stereocenters. The molecule has 2 aliphatic rings. The van der Waals surface area contributed by atoms with Crippen LogP contribution in [0.3, 0.4) is 0 Å². The molecule has 2 fully saturated rings. The molecule has 0 N–H and O–H groups in total. The summed E-state index contributed by atoms with van der Waals surface area (Å²) >= 11 is 0. The zero-order valence-electron chi connectivity index (χ0n) is 13.3. The summed E-state index contributed by atoms with van der Waals surface area (Å²) in [5, 5.41) is 0. The molecule has 0 amide bonds. The topological polar surface area (TPSA) is 18.5 Å². The van der Waals surface area contributed by atoms with Gasteiger partial charge in [-0.25, -0.2) is 0 Å². The molecule has 0 bridgehead atoms. The molecule has 0 unspecified atom stereocenters. The van der Waals surface area contributed by atoms with Crippen molar-refractivity contribution >= 4 is 7.12 Å². The SMILES string of the molecule is CC1(C)OB(C2CCCCCCCCC2)OC1(C)C. The van der Waals surface area contributed by atoms with Crippen LogP contribution in [0.1, 0.15) is 85.5 Å². The van der Waals surface area contributed by atoms with Crippen molar-refractivity contribution in [1.82, 2.24) is 0 Å². The second-order valence-corrected chi connectivity index (χ2v) is 7.44. The van der Waals surface area contributed by atoms with Crippen molar-refractivity contribution in [3.05, 3.63) is 0 Å². The first-order valence-corrected chi connectivity index (χ1v) is 8.28. The van der Waals surface area contributed by atoms with Gasteiger partial charge in [-0.1, -0.05) is 57.8 Å². The van der Waals surface area contributed by atoms with Crippen molar-refractivity contribution in [2.45, 2.75) is 103 Å². The minimum Gasteiger partial charge on any atom is -0.403 e. The van der Waals surface area contributed by atoms with Crippen LogP contribution in [0.15, 0.2) is 0 Å². The lowest BCUT2D eigenvalue weighted by molar-refractivity contribution is 0.00578. The smallest absolute Gasteiger partial charge is 0.403 e. The third kappa shape index (κ3) is 3.75. The average molecular weight is 266 g/mol. The Hall–Kier alpha value is -0.0151. The molecular weight excluding hydrogens is 235 g/mol. The molecule has 1 saturated heterocycles. The highest BCUT2D eigenvalue weighted by Crippen LogP contribution is 2.42. The van der Waals surface area contributed by atoms with Crippen LogP contribution >= 0.6 is 0 Å². The second kappa shape index (κ2) is 6.18. The lowest BCUT2D eigenvalue weighted by Crippen LogP contribution is -2.41. The normalized spacial score (nSPS) is 29.4. The molecule has 0 aromatic carbocycles. The maximum absolute atomic E-state index is 6.25. The monoisotopic (exact) mass is 266 g/mol. The molecule has 1 aliphatic carbocycles. The molecule has 110 valence electrons. The first kappa shape index (κ1) is 15.4. The third-order valence-electron chi connectivity index (χ3n) is 5.31. The van der Waals surface area contributed by atoms with Gasteiger partial charge in [0, 0.05) is 0 Å². The van der Waals surface area contributed by atoms with E-state index in [1.807, 2.05) is 0 Å². The van der Waals surface area contributed by atoms with Crippen LogP contribution in [0.5, 0.6) is 0 Å². The van der Waals surface area contributed by atoms with Gasteiger partial charge in [-0.15, -0.1) is 0 Å². The van der Waals surface area contributed by atoms with Gasteiger partial charge in [-0.3, -0.25) is 0 Å². The molecule has 0 spiro atoms. The fourth-order valence-electron chi connectivity index (χ4n) is 3.19. The van der Waals surface area contributed by atoms with Crippen LogP contribution < -0.4 is 0 Å². The Labute approximate surface area is 119 Å². The minimum absolute atomic E-state index is 0.0180. The molecule has 0 aromatic rings. The highest BCUT2D eigenvalue weighted by atomic mass is 16.7. The first-order valence-electron chi connectivity index (χ1n) is 8.28. The van der Waals surface area contributed by atoms with Crippen LogP contribution in [0, 0.1) is 0 Å². The van der Waals surface area contributed by atoms with Gasteiger partial charge in [-0.05, 0) is 33.5 Å². The standard InChI is InChI=1S/C16H31BO2/c1-15(2)16(3,4)19-17(18-15)14-12-10-8-6-5-7-9-11-13-14/h14H,5-13H2,1-4H3. The van der Waals surface area contributed by atoms with E-state index < -0.39 is 0 Å². The van der Waals surface area contributed by atoms with Crippen molar-refractivity contribution in [3.8, 4) is 0 Å². The summed E-state index contributed by atoms with van der Waals surface area (Å²) in [6, 6.07) is 0. The summed E-state index contributed by atoms with van der Waals surface area (Å²) in [4.78, 5) is 0. The van der Waals surface area contributed by atoms with Crippen molar-refractivity contribution < 1.29 is 9.31 Å². The van der Waals surface area contributed by atoms with Crippen molar-refractivity contribution in [2.75, 3.05) is 0 Å². The van der Waals surface area contributed by atoms with Crippen LogP contribution in [0.4, 0.5) is 0 Å². The number of hydrogen-bond acceptors (Lipinski definition) is 2. The van der Waals surface area contributed by atoms with Crippen molar-refractivity contribution in [1.29, 1.82) is 0 Å². The summed E-state index contributed by atoms with van der Waals surface area (Å²) in [5.74, 6) is 0.596. The first-order chi connectivity index (χ1) is 8.92. The molecule has 2 nitrogen and oxygen atoms in total. The zero-order chi connectivity index (χ0) is 13.9. The van der Waals surface area contributed by atoms with Gasteiger partial charge in [0.15, 0.2) is 0 Å². The van der Waals surface area contributed by atoms with Crippen LogP contribution in [0.25, 0.3) is 0 Å². The molecule has 0 aromatic heterocycles. The highest BCUT2D eigenvalue weighted by Gasteiger charge is 2.53. The van der Waals surface area contributed by atoms with Crippen LogP contribution in [-0.2, 0) is 9.31 Å². The Bertz CT molecular complexity index is 262. The highest BCUT2D eigenvalue weighted by molar-refractivity contribution is 6.47. The lowest BCUT2D eigenvalue weighted by atomic mass is 9.66. The maximum atomic E-state index is 6.25. The third-order valence-corrected chi connectivity index (χ3v) is 5.31. The van der Waals surface area contributed by atoms with Crippen LogP contribution in [0.2, 0.25) is 5.82 Å². The molecule has 2 rings (SSSR count). The number of rotatable bonds is 1. The average Bonchev–Trinajstić information content (AvgIpc) is 2.55. The maximum Gasteiger partial charge on any atom is 0.461 e. The van der Waals surface area contributed by atoms with E-state index in [4.69, 9.17) is 9.31 Å². The van der Waals surface area contributed by atoms with E-state index in [2.05, 4.69) is 27.7 Å². The molecular formula is C16H31BO2. The summed E-state index contributed by atoms with van der Waals surface area (Å²) < 4.78 is 12.5. The Morgan fingerprint density at radius 1 is 0.684 bits per heavy atom. The second-order valence-electron chi connectivity index (χ2n) is 7.44. The Kier molecular flexibility index (Phi) is 5.00.